The average Bonchev–Trinajstić information content (AvgIpc) is 2.78. The van der Waals surface area contributed by atoms with Gasteiger partial charge in [0.15, 0.2) is 18.1 Å². The molecular weight excluding hydrogens is 418 g/mol. The molecule has 31 heavy (non-hydrogen) atoms. The Morgan fingerprint density at radius 3 is 2.13 bits per heavy atom. The van der Waals surface area contributed by atoms with Gasteiger partial charge in [-0.25, -0.2) is 13.2 Å². The lowest BCUT2D eigenvalue weighted by Gasteiger charge is -2.20. The summed E-state index contributed by atoms with van der Waals surface area (Å²) in [6.45, 7) is 1.58. The van der Waals surface area contributed by atoms with Gasteiger partial charge in [0, 0.05) is 7.05 Å². The number of carbonyl (C=O) groups excluding carboxylic acids is 1. The molecule has 0 aliphatic rings. The number of sulfonamides is 1. The summed E-state index contributed by atoms with van der Waals surface area (Å²) in [5, 5.41) is 0. The molecule has 0 bridgehead atoms. The van der Waals surface area contributed by atoms with Crippen molar-refractivity contribution in [2.24, 2.45) is 0 Å². The average molecular weight is 442 g/mol. The number of esters is 1. The maximum Gasteiger partial charge on any atom is 0.349 e. The Kier molecular flexibility index (Phi) is 6.81. The number of hydrogen-bond donors (Lipinski definition) is 0. The van der Waals surface area contributed by atoms with Crippen LogP contribution in [0.3, 0.4) is 0 Å². The van der Waals surface area contributed by atoms with Gasteiger partial charge in [-0.2, -0.15) is 0 Å². The molecule has 0 N–H and O–H groups in total. The van der Waals surface area contributed by atoms with Gasteiger partial charge in [0.2, 0.25) is 0 Å². The van der Waals surface area contributed by atoms with Crippen molar-refractivity contribution >= 4 is 21.7 Å². The van der Waals surface area contributed by atoms with Gasteiger partial charge >= 0.3 is 5.97 Å². The molecule has 0 atom stereocenters. The van der Waals surface area contributed by atoms with E-state index in [1.54, 1.807) is 72.8 Å². The van der Waals surface area contributed by atoms with E-state index < -0.39 is 16.0 Å². The lowest BCUT2D eigenvalue weighted by molar-refractivity contribution is -0.136. The molecule has 3 aromatic rings. The SMILES string of the molecule is COc1ccccc1OC(=O)COc1ccc(N(C)S(=O)(=O)c2ccc(C)cc2)cc1. The zero-order valence-electron chi connectivity index (χ0n) is 17.4. The number of hydrogen-bond acceptors (Lipinski definition) is 6. The Hall–Kier alpha value is -3.52. The summed E-state index contributed by atoms with van der Waals surface area (Å²) in [4.78, 5) is 12.3. The van der Waals surface area contributed by atoms with Crippen LogP contribution in [0.15, 0.2) is 77.7 Å². The van der Waals surface area contributed by atoms with E-state index in [4.69, 9.17) is 14.2 Å². The molecule has 0 saturated carbocycles. The van der Waals surface area contributed by atoms with E-state index in [-0.39, 0.29) is 11.5 Å². The highest BCUT2D eigenvalue weighted by Crippen LogP contribution is 2.27. The van der Waals surface area contributed by atoms with E-state index in [0.29, 0.717) is 22.9 Å². The van der Waals surface area contributed by atoms with Gasteiger partial charge in [-0.3, -0.25) is 4.31 Å². The molecule has 3 aromatic carbocycles. The van der Waals surface area contributed by atoms with Crippen LogP contribution in [0.25, 0.3) is 0 Å². The Bertz CT molecular complexity index is 1140. The molecule has 0 aromatic heterocycles. The van der Waals surface area contributed by atoms with Crippen LogP contribution in [0.1, 0.15) is 5.56 Å². The van der Waals surface area contributed by atoms with Gasteiger partial charge in [0.1, 0.15) is 5.75 Å². The fraction of sp³-hybridized carbons (Fsp3) is 0.174. The molecule has 0 aliphatic heterocycles. The van der Waals surface area contributed by atoms with Gasteiger partial charge in [-0.1, -0.05) is 29.8 Å². The molecule has 0 heterocycles. The molecular formula is C23H23NO6S. The van der Waals surface area contributed by atoms with Crippen LogP contribution in [-0.4, -0.2) is 35.2 Å². The van der Waals surface area contributed by atoms with Crippen molar-refractivity contribution in [3.8, 4) is 17.2 Å². The lowest BCUT2D eigenvalue weighted by Crippen LogP contribution is -2.26. The number of benzene rings is 3. The second-order valence-corrected chi connectivity index (χ2v) is 8.66. The van der Waals surface area contributed by atoms with Crippen molar-refractivity contribution in [3.05, 3.63) is 78.4 Å². The Morgan fingerprint density at radius 1 is 0.903 bits per heavy atom. The predicted molar refractivity (Wildman–Crippen MR) is 117 cm³/mol. The van der Waals surface area contributed by atoms with Crippen molar-refractivity contribution in [1.82, 2.24) is 0 Å². The standard InChI is InChI=1S/C23H23NO6S/c1-17-8-14-20(15-9-17)31(26,27)24(2)18-10-12-19(13-11-18)29-16-23(25)30-22-7-5-4-6-21(22)28-3/h4-15H,16H2,1-3H3. The van der Waals surface area contributed by atoms with Gasteiger partial charge in [-0.05, 0) is 55.5 Å². The first kappa shape index (κ1) is 22.2. The summed E-state index contributed by atoms with van der Waals surface area (Å²) < 4.78 is 42.6. The van der Waals surface area contributed by atoms with Gasteiger partial charge in [0.05, 0.1) is 17.7 Å². The van der Waals surface area contributed by atoms with Crippen molar-refractivity contribution < 1.29 is 27.4 Å². The molecule has 0 fully saturated rings. The van der Waals surface area contributed by atoms with Crippen molar-refractivity contribution in [2.45, 2.75) is 11.8 Å². The smallest absolute Gasteiger partial charge is 0.349 e. The van der Waals surface area contributed by atoms with E-state index in [2.05, 4.69) is 0 Å². The number of para-hydroxylation sites is 2. The largest absolute Gasteiger partial charge is 0.493 e. The van der Waals surface area contributed by atoms with Crippen molar-refractivity contribution in [1.29, 1.82) is 0 Å². The predicted octanol–water partition coefficient (Wildman–Crippen LogP) is 3.81. The van der Waals surface area contributed by atoms with E-state index in [0.717, 1.165) is 5.56 Å². The van der Waals surface area contributed by atoms with Crippen LogP contribution in [0, 0.1) is 6.92 Å². The Morgan fingerprint density at radius 2 is 1.52 bits per heavy atom. The molecule has 8 heteroatoms. The molecule has 0 saturated heterocycles. The maximum atomic E-state index is 12.8. The number of anilines is 1. The molecule has 0 unspecified atom stereocenters. The number of methoxy groups -OCH3 is 1. The summed E-state index contributed by atoms with van der Waals surface area (Å²) in [5.41, 5.74) is 1.44. The first-order valence-corrected chi connectivity index (χ1v) is 10.9. The van der Waals surface area contributed by atoms with Crippen LogP contribution < -0.4 is 18.5 Å². The normalized spacial score (nSPS) is 10.9. The van der Waals surface area contributed by atoms with Crippen molar-refractivity contribution in [2.75, 3.05) is 25.1 Å². The molecule has 0 spiro atoms. The van der Waals surface area contributed by atoms with E-state index in [1.807, 2.05) is 6.92 Å². The van der Waals surface area contributed by atoms with Crippen LogP contribution in [0.2, 0.25) is 0 Å². The molecule has 7 nitrogen and oxygen atoms in total. The zero-order valence-corrected chi connectivity index (χ0v) is 18.3. The monoisotopic (exact) mass is 441 g/mol. The quantitative estimate of drug-likeness (QED) is 0.391. The second kappa shape index (κ2) is 9.53. The fourth-order valence-corrected chi connectivity index (χ4v) is 3.95. The first-order valence-electron chi connectivity index (χ1n) is 9.43. The molecule has 0 aliphatic carbocycles. The zero-order chi connectivity index (χ0) is 22.4. The van der Waals surface area contributed by atoms with E-state index in [1.165, 1.54) is 18.5 Å². The van der Waals surface area contributed by atoms with Crippen LogP contribution >= 0.6 is 0 Å². The molecule has 162 valence electrons. The molecule has 3 rings (SSSR count). The van der Waals surface area contributed by atoms with Crippen LogP contribution in [-0.2, 0) is 14.8 Å². The first-order chi connectivity index (χ1) is 14.8. The summed E-state index contributed by atoms with van der Waals surface area (Å²) >= 11 is 0. The van der Waals surface area contributed by atoms with Gasteiger partial charge < -0.3 is 14.2 Å². The lowest BCUT2D eigenvalue weighted by atomic mass is 10.2. The number of nitrogens with zero attached hydrogens (tertiary/aromatic N) is 1. The third-order valence-electron chi connectivity index (χ3n) is 4.53. The third kappa shape index (κ3) is 5.35. The molecule has 0 radical (unpaired) electrons. The van der Waals surface area contributed by atoms with Crippen LogP contribution in [0.5, 0.6) is 17.2 Å². The number of carbonyl (C=O) groups is 1. The summed E-state index contributed by atoms with van der Waals surface area (Å²) in [7, 11) is -0.713. The minimum absolute atomic E-state index is 0.208. The van der Waals surface area contributed by atoms with Crippen molar-refractivity contribution in [3.63, 3.8) is 0 Å². The van der Waals surface area contributed by atoms with Gasteiger partial charge in [0.25, 0.3) is 10.0 Å². The number of rotatable bonds is 8. The number of ether oxygens (including phenoxy) is 3. The topological polar surface area (TPSA) is 82.1 Å². The summed E-state index contributed by atoms with van der Waals surface area (Å²) in [5.74, 6) is 0.560. The highest BCUT2D eigenvalue weighted by molar-refractivity contribution is 7.92. The highest BCUT2D eigenvalue weighted by Gasteiger charge is 2.21. The molecule has 0 amide bonds. The highest BCUT2D eigenvalue weighted by atomic mass is 32.2. The Labute approximate surface area is 181 Å². The summed E-state index contributed by atoms with van der Waals surface area (Å²) in [6, 6.07) is 19.8. The van der Waals surface area contributed by atoms with E-state index in [9.17, 15) is 13.2 Å². The second-order valence-electron chi connectivity index (χ2n) is 6.69. The third-order valence-corrected chi connectivity index (χ3v) is 6.33. The van der Waals surface area contributed by atoms with E-state index >= 15 is 0 Å². The maximum absolute atomic E-state index is 12.8. The van der Waals surface area contributed by atoms with Gasteiger partial charge in [-0.15, -0.1) is 0 Å². The minimum Gasteiger partial charge on any atom is -0.493 e. The number of aryl methyl sites for hydroxylation is 1. The Balaban J connectivity index is 1.62. The minimum atomic E-state index is -3.68. The fourth-order valence-electron chi connectivity index (χ4n) is 2.76. The summed E-state index contributed by atoms with van der Waals surface area (Å²) in [6.07, 6.45) is 0. The van der Waals surface area contributed by atoms with Crippen LogP contribution in [0.4, 0.5) is 5.69 Å².